The summed E-state index contributed by atoms with van der Waals surface area (Å²) in [7, 11) is 1.43. The lowest BCUT2D eigenvalue weighted by Gasteiger charge is -2.10. The molecule has 0 radical (unpaired) electrons. The second kappa shape index (κ2) is 6.75. The Kier molecular flexibility index (Phi) is 4.29. The summed E-state index contributed by atoms with van der Waals surface area (Å²) < 4.78 is 25.3. The number of halogens is 2. The van der Waals surface area contributed by atoms with E-state index in [9.17, 15) is 4.39 Å². The maximum absolute atomic E-state index is 14.0. The molecule has 7 nitrogen and oxygen atoms in total. The zero-order chi connectivity index (χ0) is 18.1. The number of methoxy groups -OCH3 is 1. The molecular formula is C17H13BrFN5O2. The van der Waals surface area contributed by atoms with E-state index in [2.05, 4.69) is 41.9 Å². The van der Waals surface area contributed by atoms with E-state index < -0.39 is 5.82 Å². The molecule has 26 heavy (non-hydrogen) atoms. The van der Waals surface area contributed by atoms with Gasteiger partial charge < -0.3 is 14.5 Å². The Labute approximate surface area is 155 Å². The predicted octanol–water partition coefficient (Wildman–Crippen LogP) is 4.14. The predicted molar refractivity (Wildman–Crippen MR) is 97.4 cm³/mol. The van der Waals surface area contributed by atoms with Crippen LogP contribution in [-0.2, 0) is 6.54 Å². The third-order valence-corrected chi connectivity index (χ3v) is 4.44. The number of H-pyrrole nitrogens is 1. The average Bonchev–Trinajstić information content (AvgIpc) is 3.28. The molecule has 0 fully saturated rings. The van der Waals surface area contributed by atoms with Crippen molar-refractivity contribution in [2.45, 2.75) is 6.54 Å². The minimum absolute atomic E-state index is 0.182. The summed E-state index contributed by atoms with van der Waals surface area (Å²) in [5.41, 5.74) is 2.34. The van der Waals surface area contributed by atoms with Crippen molar-refractivity contribution in [2.75, 3.05) is 12.4 Å². The van der Waals surface area contributed by atoms with Crippen LogP contribution in [0.25, 0.3) is 22.6 Å². The van der Waals surface area contributed by atoms with Crippen molar-refractivity contribution < 1.29 is 13.5 Å². The molecule has 0 atom stereocenters. The van der Waals surface area contributed by atoms with Crippen molar-refractivity contribution in [3.8, 4) is 17.3 Å². The zero-order valence-electron chi connectivity index (χ0n) is 13.6. The third kappa shape index (κ3) is 3.13. The highest BCUT2D eigenvalue weighted by Crippen LogP contribution is 2.32. The summed E-state index contributed by atoms with van der Waals surface area (Å²) in [5, 5.41) is 17.9. The number of nitrogens with zero attached hydrogens (tertiary/aromatic N) is 3. The number of aromatic nitrogens is 4. The van der Waals surface area contributed by atoms with E-state index in [-0.39, 0.29) is 5.75 Å². The van der Waals surface area contributed by atoms with E-state index in [1.807, 2.05) is 24.3 Å². The van der Waals surface area contributed by atoms with Gasteiger partial charge in [-0.2, -0.15) is 5.21 Å². The first-order valence-corrected chi connectivity index (χ1v) is 8.46. The number of rotatable bonds is 5. The van der Waals surface area contributed by atoms with Crippen molar-refractivity contribution >= 4 is 32.6 Å². The van der Waals surface area contributed by atoms with Crippen LogP contribution in [0.3, 0.4) is 0 Å². The Morgan fingerprint density at radius 1 is 1.27 bits per heavy atom. The highest BCUT2D eigenvalue weighted by molar-refractivity contribution is 9.10. The van der Waals surface area contributed by atoms with Crippen LogP contribution < -0.4 is 10.1 Å². The topological polar surface area (TPSA) is 88.9 Å². The maximum atomic E-state index is 14.0. The third-order valence-electron chi connectivity index (χ3n) is 3.85. The maximum Gasteiger partial charge on any atom is 0.239 e. The van der Waals surface area contributed by atoms with Gasteiger partial charge in [-0.05, 0) is 44.9 Å². The highest BCUT2D eigenvalue weighted by atomic mass is 79.9. The summed E-state index contributed by atoms with van der Waals surface area (Å²) in [6.07, 6.45) is 0. The summed E-state index contributed by atoms with van der Waals surface area (Å²) >= 11 is 3.30. The molecule has 0 aliphatic heterocycles. The summed E-state index contributed by atoms with van der Waals surface area (Å²) in [4.78, 5) is 0. The van der Waals surface area contributed by atoms with E-state index in [1.54, 1.807) is 6.07 Å². The summed E-state index contributed by atoms with van der Waals surface area (Å²) in [6, 6.07) is 10.9. The first kappa shape index (κ1) is 16.5. The van der Waals surface area contributed by atoms with Gasteiger partial charge in [-0.15, -0.1) is 10.2 Å². The van der Waals surface area contributed by atoms with E-state index in [1.165, 1.54) is 13.2 Å². The monoisotopic (exact) mass is 417 g/mol. The average molecular weight is 418 g/mol. The molecule has 0 aliphatic carbocycles. The molecule has 9 heteroatoms. The van der Waals surface area contributed by atoms with Crippen molar-refractivity contribution in [3.63, 3.8) is 0 Å². The van der Waals surface area contributed by atoms with E-state index in [0.717, 1.165) is 10.9 Å². The number of benzene rings is 2. The first-order valence-electron chi connectivity index (χ1n) is 7.67. The molecule has 0 amide bonds. The molecule has 0 aliphatic rings. The highest BCUT2D eigenvalue weighted by Gasteiger charge is 2.12. The Morgan fingerprint density at radius 3 is 2.88 bits per heavy atom. The van der Waals surface area contributed by atoms with Gasteiger partial charge in [0.15, 0.2) is 17.3 Å². The van der Waals surface area contributed by atoms with E-state index in [0.29, 0.717) is 33.9 Å². The lowest BCUT2D eigenvalue weighted by atomic mass is 10.1. The van der Waals surface area contributed by atoms with Crippen LogP contribution in [-0.4, -0.2) is 27.7 Å². The van der Waals surface area contributed by atoms with Crippen molar-refractivity contribution in [1.82, 2.24) is 20.6 Å². The Morgan fingerprint density at radius 2 is 2.15 bits per heavy atom. The fourth-order valence-electron chi connectivity index (χ4n) is 2.62. The molecule has 0 bridgehead atoms. The largest absolute Gasteiger partial charge is 0.492 e. The molecule has 132 valence electrons. The molecule has 4 rings (SSSR count). The number of hydrogen-bond acceptors (Lipinski definition) is 6. The van der Waals surface area contributed by atoms with Crippen LogP contribution in [0.2, 0.25) is 0 Å². The lowest BCUT2D eigenvalue weighted by Crippen LogP contribution is -2.00. The SMILES string of the molecule is COc1c(F)cc(NCc2ccc3cc(-c4nn[nH]n4)oc3c2)cc1Br. The van der Waals surface area contributed by atoms with Gasteiger partial charge in [0.1, 0.15) is 5.58 Å². The van der Waals surface area contributed by atoms with Gasteiger partial charge in [-0.1, -0.05) is 12.1 Å². The molecule has 0 saturated heterocycles. The quantitative estimate of drug-likeness (QED) is 0.507. The number of aromatic amines is 1. The molecule has 0 spiro atoms. The van der Waals surface area contributed by atoms with Gasteiger partial charge in [0.2, 0.25) is 5.82 Å². The number of fused-ring (bicyclic) bond motifs is 1. The molecule has 4 aromatic rings. The van der Waals surface area contributed by atoms with Crippen molar-refractivity contribution in [1.29, 1.82) is 0 Å². The number of hydrogen-bond donors (Lipinski definition) is 2. The van der Waals surface area contributed by atoms with Crippen LogP contribution in [0.1, 0.15) is 5.56 Å². The van der Waals surface area contributed by atoms with Crippen molar-refractivity contribution in [2.24, 2.45) is 0 Å². The molecule has 2 heterocycles. The van der Waals surface area contributed by atoms with Crippen LogP contribution in [0.4, 0.5) is 10.1 Å². The zero-order valence-corrected chi connectivity index (χ0v) is 15.2. The Bertz CT molecular complexity index is 1040. The fourth-order valence-corrected chi connectivity index (χ4v) is 3.22. The van der Waals surface area contributed by atoms with E-state index in [4.69, 9.17) is 9.15 Å². The lowest BCUT2D eigenvalue weighted by molar-refractivity contribution is 0.384. The number of furan rings is 1. The number of ether oxygens (including phenoxy) is 1. The molecule has 2 N–H and O–H groups in total. The van der Waals surface area contributed by atoms with Gasteiger partial charge in [0, 0.05) is 23.7 Å². The normalized spacial score (nSPS) is 11.0. The fraction of sp³-hybridized carbons (Fsp3) is 0.118. The van der Waals surface area contributed by atoms with Gasteiger partial charge in [-0.25, -0.2) is 4.39 Å². The minimum Gasteiger partial charge on any atom is -0.492 e. The van der Waals surface area contributed by atoms with Crippen LogP contribution >= 0.6 is 15.9 Å². The first-order chi connectivity index (χ1) is 12.6. The number of nitrogens with one attached hydrogen (secondary N) is 2. The van der Waals surface area contributed by atoms with Gasteiger partial charge in [0.05, 0.1) is 11.6 Å². The second-order valence-corrected chi connectivity index (χ2v) is 6.40. The number of anilines is 1. The molecule has 0 unspecified atom stereocenters. The number of tetrazole rings is 1. The minimum atomic E-state index is -0.435. The van der Waals surface area contributed by atoms with Crippen LogP contribution in [0.15, 0.2) is 45.3 Å². The molecule has 2 aromatic heterocycles. The summed E-state index contributed by atoms with van der Waals surface area (Å²) in [6.45, 7) is 0.506. The Hall–Kier alpha value is -2.94. The van der Waals surface area contributed by atoms with Gasteiger partial charge >= 0.3 is 0 Å². The van der Waals surface area contributed by atoms with Gasteiger partial charge in [-0.3, -0.25) is 0 Å². The molecule has 2 aromatic carbocycles. The summed E-state index contributed by atoms with van der Waals surface area (Å²) in [5.74, 6) is 0.691. The Balaban J connectivity index is 1.54. The van der Waals surface area contributed by atoms with Crippen LogP contribution in [0.5, 0.6) is 5.75 Å². The van der Waals surface area contributed by atoms with E-state index >= 15 is 0 Å². The second-order valence-electron chi connectivity index (χ2n) is 5.54. The molecular weight excluding hydrogens is 405 g/mol. The smallest absolute Gasteiger partial charge is 0.239 e. The van der Waals surface area contributed by atoms with Gasteiger partial charge in [0.25, 0.3) is 0 Å². The van der Waals surface area contributed by atoms with Crippen molar-refractivity contribution in [3.05, 3.63) is 52.3 Å². The standard InChI is InChI=1S/C17H13BrFN5O2/c1-25-16-12(18)6-11(7-13(16)19)20-8-9-2-3-10-5-15(26-14(10)4-9)17-21-23-24-22-17/h2-7,20H,8H2,1H3,(H,21,22,23,24). The molecule has 0 saturated carbocycles. The van der Waals surface area contributed by atoms with Crippen LogP contribution in [0, 0.1) is 5.82 Å².